The molecule has 3 heteroatoms. The van der Waals surface area contributed by atoms with Crippen LogP contribution in [0.1, 0.15) is 67.1 Å². The summed E-state index contributed by atoms with van der Waals surface area (Å²) in [5.41, 5.74) is 3.79. The number of nitrogens with one attached hydrogen (secondary N) is 1. The Hall–Kier alpha value is -1.80. The number of rotatable bonds is 6. The van der Waals surface area contributed by atoms with Gasteiger partial charge in [-0.2, -0.15) is 0 Å². The van der Waals surface area contributed by atoms with E-state index in [0.717, 1.165) is 17.9 Å². The lowest BCUT2D eigenvalue weighted by Gasteiger charge is -2.23. The van der Waals surface area contributed by atoms with Crippen LogP contribution in [0.5, 0.6) is 0 Å². The highest BCUT2D eigenvalue weighted by molar-refractivity contribution is 6.31. The highest BCUT2D eigenvalue weighted by Crippen LogP contribution is 2.49. The first kappa shape index (κ1) is 18.6. The van der Waals surface area contributed by atoms with Crippen LogP contribution in [0.3, 0.4) is 0 Å². The molecule has 2 nitrogen and oxygen atoms in total. The second-order valence-corrected chi connectivity index (χ2v) is 8.50. The van der Waals surface area contributed by atoms with E-state index in [9.17, 15) is 4.79 Å². The molecule has 2 aliphatic carbocycles. The normalized spacial score (nSPS) is 22.4. The molecule has 2 aromatic carbocycles. The zero-order chi connectivity index (χ0) is 18.6. The summed E-state index contributed by atoms with van der Waals surface area (Å²) >= 11 is 6.61. The van der Waals surface area contributed by atoms with Gasteiger partial charge in [-0.3, -0.25) is 4.79 Å². The van der Waals surface area contributed by atoms with Gasteiger partial charge >= 0.3 is 0 Å². The van der Waals surface area contributed by atoms with E-state index < -0.39 is 0 Å². The van der Waals surface area contributed by atoms with Crippen LogP contribution in [-0.2, 0) is 11.2 Å². The Morgan fingerprint density at radius 1 is 1.04 bits per heavy atom. The van der Waals surface area contributed by atoms with Gasteiger partial charge in [0.05, 0.1) is 0 Å². The van der Waals surface area contributed by atoms with Gasteiger partial charge in [0.25, 0.3) is 0 Å². The minimum Gasteiger partial charge on any atom is -0.356 e. The smallest absolute Gasteiger partial charge is 0.223 e. The Morgan fingerprint density at radius 2 is 1.81 bits per heavy atom. The van der Waals surface area contributed by atoms with E-state index in [0.29, 0.717) is 18.4 Å². The highest BCUT2D eigenvalue weighted by Gasteiger charge is 2.43. The van der Waals surface area contributed by atoms with Gasteiger partial charge in [-0.15, -0.1) is 0 Å². The molecule has 2 unspecified atom stereocenters. The topological polar surface area (TPSA) is 29.1 Å². The summed E-state index contributed by atoms with van der Waals surface area (Å²) in [4.78, 5) is 12.4. The van der Waals surface area contributed by atoms with Crippen LogP contribution in [0.4, 0.5) is 0 Å². The Bertz CT molecular complexity index is 782. The van der Waals surface area contributed by atoms with Gasteiger partial charge in [0.1, 0.15) is 0 Å². The average molecular weight is 382 g/mol. The van der Waals surface area contributed by atoms with Crippen LogP contribution in [0, 0.1) is 5.92 Å². The number of halogens is 1. The maximum Gasteiger partial charge on any atom is 0.223 e. The lowest BCUT2D eigenvalue weighted by molar-refractivity contribution is -0.122. The van der Waals surface area contributed by atoms with E-state index in [1.807, 2.05) is 18.2 Å². The number of carbonyl (C=O) groups is 1. The molecule has 0 heterocycles. The summed E-state index contributed by atoms with van der Waals surface area (Å²) in [7, 11) is 0. The van der Waals surface area contributed by atoms with E-state index in [2.05, 4.69) is 35.6 Å². The van der Waals surface area contributed by atoms with Gasteiger partial charge in [-0.25, -0.2) is 0 Å². The maximum atomic E-state index is 12.4. The molecule has 142 valence electrons. The first-order valence-corrected chi connectivity index (χ1v) is 10.7. The van der Waals surface area contributed by atoms with Crippen molar-refractivity contribution in [1.29, 1.82) is 0 Å². The molecular formula is C24H28ClNO. The van der Waals surface area contributed by atoms with E-state index in [-0.39, 0.29) is 11.8 Å². The average Bonchev–Trinajstić information content (AvgIpc) is 3.50. The molecule has 4 rings (SSSR count). The van der Waals surface area contributed by atoms with Gasteiger partial charge in [0, 0.05) is 17.5 Å². The lowest BCUT2D eigenvalue weighted by atomic mass is 9.83. The minimum atomic E-state index is 0.109. The summed E-state index contributed by atoms with van der Waals surface area (Å²) in [6, 6.07) is 16.8. The van der Waals surface area contributed by atoms with Crippen molar-refractivity contribution in [2.24, 2.45) is 5.92 Å². The second kappa shape index (κ2) is 8.48. The summed E-state index contributed by atoms with van der Waals surface area (Å²) < 4.78 is 0. The molecular weight excluding hydrogens is 354 g/mol. The molecule has 2 atom stereocenters. The van der Waals surface area contributed by atoms with E-state index in [1.165, 1.54) is 48.8 Å². The Morgan fingerprint density at radius 3 is 2.56 bits per heavy atom. The standard InChI is InChI=1S/C24H28ClNO/c25-23-15-19(11-12-20(23)18-9-5-2-6-10-18)21-16-22(21)24(27)26-14-13-17-7-3-1-4-8-17/h1,3-4,7-8,11-12,15,18,21-22H,2,5-6,9-10,13-14,16H2,(H,26,27). The predicted octanol–water partition coefficient (Wildman–Crippen LogP) is 5.85. The van der Waals surface area contributed by atoms with Gasteiger partial charge in [-0.1, -0.05) is 73.3 Å². The van der Waals surface area contributed by atoms with Crippen LogP contribution >= 0.6 is 11.6 Å². The van der Waals surface area contributed by atoms with Crippen molar-refractivity contribution in [3.63, 3.8) is 0 Å². The first-order chi connectivity index (χ1) is 13.2. The molecule has 27 heavy (non-hydrogen) atoms. The monoisotopic (exact) mass is 381 g/mol. The number of hydrogen-bond donors (Lipinski definition) is 1. The van der Waals surface area contributed by atoms with Crippen LogP contribution in [0.2, 0.25) is 5.02 Å². The van der Waals surface area contributed by atoms with E-state index in [4.69, 9.17) is 11.6 Å². The molecule has 1 amide bonds. The lowest BCUT2D eigenvalue weighted by Crippen LogP contribution is -2.27. The SMILES string of the molecule is O=C(NCCc1ccccc1)C1CC1c1ccc(C2CCCCC2)c(Cl)c1. The van der Waals surface area contributed by atoms with Crippen LogP contribution in [0.15, 0.2) is 48.5 Å². The van der Waals surface area contributed by atoms with Crippen molar-refractivity contribution in [3.8, 4) is 0 Å². The van der Waals surface area contributed by atoms with Crippen LogP contribution in [0.25, 0.3) is 0 Å². The van der Waals surface area contributed by atoms with Crippen molar-refractivity contribution in [2.45, 2.75) is 56.8 Å². The van der Waals surface area contributed by atoms with Gasteiger partial charge in [0.15, 0.2) is 0 Å². The molecule has 2 saturated carbocycles. The number of hydrogen-bond acceptors (Lipinski definition) is 1. The summed E-state index contributed by atoms with van der Waals surface area (Å²) in [6.45, 7) is 0.702. The van der Waals surface area contributed by atoms with E-state index in [1.54, 1.807) is 0 Å². The van der Waals surface area contributed by atoms with Crippen molar-refractivity contribution in [2.75, 3.05) is 6.54 Å². The fourth-order valence-electron chi connectivity index (χ4n) is 4.48. The molecule has 0 radical (unpaired) electrons. The van der Waals surface area contributed by atoms with Gasteiger partial charge in [-0.05, 0) is 60.3 Å². The Labute approximate surface area is 167 Å². The molecule has 2 aromatic rings. The minimum absolute atomic E-state index is 0.109. The zero-order valence-electron chi connectivity index (χ0n) is 15.8. The highest BCUT2D eigenvalue weighted by atomic mass is 35.5. The van der Waals surface area contributed by atoms with E-state index >= 15 is 0 Å². The third kappa shape index (κ3) is 4.55. The fourth-order valence-corrected chi connectivity index (χ4v) is 4.82. The Kier molecular flexibility index (Phi) is 5.83. The second-order valence-electron chi connectivity index (χ2n) is 8.09. The quantitative estimate of drug-likeness (QED) is 0.668. The van der Waals surface area contributed by atoms with Crippen molar-refractivity contribution >= 4 is 17.5 Å². The largest absolute Gasteiger partial charge is 0.356 e. The third-order valence-corrected chi connectivity index (χ3v) is 6.51. The number of carbonyl (C=O) groups excluding carboxylic acids is 1. The van der Waals surface area contributed by atoms with Crippen molar-refractivity contribution < 1.29 is 4.79 Å². The maximum absolute atomic E-state index is 12.4. The molecule has 0 bridgehead atoms. The fraction of sp³-hybridized carbons (Fsp3) is 0.458. The number of amides is 1. The summed E-state index contributed by atoms with van der Waals surface area (Å²) in [5, 5.41) is 4.00. The van der Waals surface area contributed by atoms with Crippen LogP contribution < -0.4 is 5.32 Å². The van der Waals surface area contributed by atoms with Gasteiger partial charge < -0.3 is 5.32 Å². The molecule has 0 aliphatic heterocycles. The molecule has 0 saturated heterocycles. The molecule has 0 spiro atoms. The molecule has 1 N–H and O–H groups in total. The summed E-state index contributed by atoms with van der Waals surface area (Å²) in [6.07, 6.45) is 8.33. The molecule has 0 aromatic heterocycles. The van der Waals surface area contributed by atoms with Crippen molar-refractivity contribution in [3.05, 3.63) is 70.2 Å². The van der Waals surface area contributed by atoms with Crippen LogP contribution in [-0.4, -0.2) is 12.5 Å². The Balaban J connectivity index is 1.30. The molecule has 2 fully saturated rings. The summed E-state index contributed by atoms with van der Waals surface area (Å²) in [5.74, 6) is 1.25. The molecule has 2 aliphatic rings. The predicted molar refractivity (Wildman–Crippen MR) is 111 cm³/mol. The third-order valence-electron chi connectivity index (χ3n) is 6.18. The first-order valence-electron chi connectivity index (χ1n) is 10.3. The zero-order valence-corrected chi connectivity index (χ0v) is 16.5. The number of benzene rings is 2. The van der Waals surface area contributed by atoms with Crippen molar-refractivity contribution in [1.82, 2.24) is 5.32 Å². The van der Waals surface area contributed by atoms with Gasteiger partial charge in [0.2, 0.25) is 5.91 Å².